The van der Waals surface area contributed by atoms with Gasteiger partial charge in [0.15, 0.2) is 0 Å². The van der Waals surface area contributed by atoms with Gasteiger partial charge in [0.05, 0.1) is 35.7 Å². The van der Waals surface area contributed by atoms with E-state index in [1.54, 1.807) is 4.90 Å². The lowest BCUT2D eigenvalue weighted by Gasteiger charge is -2.35. The zero-order chi connectivity index (χ0) is 25.4. The molecule has 1 atom stereocenters. The van der Waals surface area contributed by atoms with Gasteiger partial charge in [0, 0.05) is 37.7 Å². The molecule has 0 saturated carbocycles. The second-order valence-electron chi connectivity index (χ2n) is 9.65. The van der Waals surface area contributed by atoms with Crippen molar-refractivity contribution < 1.29 is 9.18 Å². The fourth-order valence-electron chi connectivity index (χ4n) is 5.05. The van der Waals surface area contributed by atoms with E-state index in [4.69, 9.17) is 11.6 Å². The summed E-state index contributed by atoms with van der Waals surface area (Å²) in [5.74, 6) is -0.176. The maximum atomic E-state index is 14.8. The molecule has 3 heterocycles. The summed E-state index contributed by atoms with van der Waals surface area (Å²) in [6.45, 7) is 6.72. The lowest BCUT2D eigenvalue weighted by atomic mass is 9.93. The van der Waals surface area contributed by atoms with Crippen LogP contribution in [0.3, 0.4) is 0 Å². The third-order valence-corrected chi connectivity index (χ3v) is 7.44. The van der Waals surface area contributed by atoms with Crippen LogP contribution in [-0.2, 0) is 17.8 Å². The van der Waals surface area contributed by atoms with Gasteiger partial charge in [0.1, 0.15) is 11.6 Å². The molecule has 2 aromatic carbocycles. The third kappa shape index (κ3) is 5.09. The standard InChI is InChI=1S/C26H30ClFN6O2/c1-16-19-4-3-18(27)11-17(19)5-6-34(16)25(35)14-29-23-13-22-20(12-21(23)28)26(36)31-24(30-22)15-33-9-7-32(2)8-10-33/h3-4,11-13,16,29H,5-10,14-15H2,1-2H3,(H,30,31,36)/t16-/m0/s1. The molecule has 5 rings (SSSR count). The van der Waals surface area contributed by atoms with Crippen LogP contribution in [0, 0.1) is 5.82 Å². The Labute approximate surface area is 214 Å². The highest BCUT2D eigenvalue weighted by molar-refractivity contribution is 6.30. The molecule has 0 spiro atoms. The number of likely N-dealkylation sites (N-methyl/N-ethyl adjacent to an activating group) is 1. The van der Waals surface area contributed by atoms with Crippen LogP contribution < -0.4 is 10.9 Å². The van der Waals surface area contributed by atoms with Crippen molar-refractivity contribution in [1.82, 2.24) is 24.7 Å². The average Bonchev–Trinajstić information content (AvgIpc) is 2.85. The molecule has 8 nitrogen and oxygen atoms in total. The number of aromatic nitrogens is 2. The summed E-state index contributed by atoms with van der Waals surface area (Å²) in [4.78, 5) is 39.3. The van der Waals surface area contributed by atoms with E-state index >= 15 is 0 Å². The number of nitrogens with one attached hydrogen (secondary N) is 2. The number of rotatable bonds is 5. The summed E-state index contributed by atoms with van der Waals surface area (Å²) in [6, 6.07) is 8.33. The van der Waals surface area contributed by atoms with E-state index in [0.717, 1.165) is 43.7 Å². The molecule has 0 radical (unpaired) electrons. The highest BCUT2D eigenvalue weighted by Gasteiger charge is 2.27. The van der Waals surface area contributed by atoms with E-state index in [1.807, 2.05) is 25.1 Å². The molecule has 190 valence electrons. The van der Waals surface area contributed by atoms with E-state index in [2.05, 4.69) is 32.1 Å². The van der Waals surface area contributed by atoms with Gasteiger partial charge in [-0.1, -0.05) is 17.7 Å². The summed E-state index contributed by atoms with van der Waals surface area (Å²) in [7, 11) is 2.09. The van der Waals surface area contributed by atoms with Crippen molar-refractivity contribution in [2.24, 2.45) is 0 Å². The lowest BCUT2D eigenvalue weighted by molar-refractivity contribution is -0.131. The van der Waals surface area contributed by atoms with Gasteiger partial charge in [-0.2, -0.15) is 0 Å². The van der Waals surface area contributed by atoms with Crippen LogP contribution in [-0.4, -0.2) is 76.9 Å². The van der Waals surface area contributed by atoms with Crippen LogP contribution in [0.15, 0.2) is 35.1 Å². The number of benzene rings is 2. The Bertz CT molecular complexity index is 1350. The summed E-state index contributed by atoms with van der Waals surface area (Å²) >= 11 is 6.11. The first-order valence-electron chi connectivity index (χ1n) is 12.2. The molecule has 0 aliphatic carbocycles. The van der Waals surface area contributed by atoms with Crippen molar-refractivity contribution in [2.45, 2.75) is 25.9 Å². The fraction of sp³-hybridized carbons (Fsp3) is 0.423. The maximum Gasteiger partial charge on any atom is 0.258 e. The van der Waals surface area contributed by atoms with Gasteiger partial charge in [-0.05, 0) is 55.8 Å². The van der Waals surface area contributed by atoms with Crippen LogP contribution >= 0.6 is 11.6 Å². The lowest BCUT2D eigenvalue weighted by Crippen LogP contribution is -2.44. The van der Waals surface area contributed by atoms with Crippen molar-refractivity contribution in [1.29, 1.82) is 0 Å². The van der Waals surface area contributed by atoms with Crippen molar-refractivity contribution in [3.8, 4) is 0 Å². The summed E-state index contributed by atoms with van der Waals surface area (Å²) < 4.78 is 14.8. The van der Waals surface area contributed by atoms with Gasteiger partial charge < -0.3 is 20.1 Å². The molecule has 10 heteroatoms. The number of fused-ring (bicyclic) bond motifs is 2. The van der Waals surface area contributed by atoms with Crippen molar-refractivity contribution in [3.05, 3.63) is 68.5 Å². The minimum absolute atomic E-state index is 0.0625. The van der Waals surface area contributed by atoms with Crippen LogP contribution in [0.2, 0.25) is 5.02 Å². The number of nitrogens with zero attached hydrogens (tertiary/aromatic N) is 4. The van der Waals surface area contributed by atoms with Crippen molar-refractivity contribution >= 4 is 34.1 Å². The number of carbonyl (C=O) groups is 1. The molecule has 3 aromatic rings. The first-order valence-corrected chi connectivity index (χ1v) is 12.6. The zero-order valence-electron chi connectivity index (χ0n) is 20.5. The number of piperazine rings is 1. The molecular formula is C26H30ClFN6O2. The Balaban J connectivity index is 1.30. The average molecular weight is 513 g/mol. The van der Waals surface area contributed by atoms with E-state index in [0.29, 0.717) is 29.5 Å². The Morgan fingerprint density at radius 1 is 1.19 bits per heavy atom. The second kappa shape index (κ2) is 10.2. The Morgan fingerprint density at radius 3 is 2.75 bits per heavy atom. The third-order valence-electron chi connectivity index (χ3n) is 7.21. The molecule has 2 aliphatic rings. The smallest absolute Gasteiger partial charge is 0.258 e. The highest BCUT2D eigenvalue weighted by atomic mass is 35.5. The number of anilines is 1. The van der Waals surface area contributed by atoms with Gasteiger partial charge >= 0.3 is 0 Å². The molecule has 0 bridgehead atoms. The molecule has 1 aromatic heterocycles. The van der Waals surface area contributed by atoms with Crippen LogP contribution in [0.1, 0.15) is 29.9 Å². The van der Waals surface area contributed by atoms with Crippen LogP contribution in [0.25, 0.3) is 10.9 Å². The van der Waals surface area contributed by atoms with E-state index in [1.165, 1.54) is 12.1 Å². The summed E-state index contributed by atoms with van der Waals surface area (Å²) in [5.41, 5.74) is 2.41. The summed E-state index contributed by atoms with van der Waals surface area (Å²) in [6.07, 6.45) is 0.721. The first kappa shape index (κ1) is 24.7. The second-order valence-corrected chi connectivity index (χ2v) is 10.1. The normalized spacial score (nSPS) is 18.9. The molecule has 1 amide bonds. The molecule has 2 N–H and O–H groups in total. The van der Waals surface area contributed by atoms with Crippen molar-refractivity contribution in [2.75, 3.05) is 51.6 Å². The number of aromatic amines is 1. The zero-order valence-corrected chi connectivity index (χ0v) is 21.2. The van der Waals surface area contributed by atoms with Gasteiger partial charge in [0.2, 0.25) is 5.91 Å². The minimum Gasteiger partial charge on any atom is -0.374 e. The quantitative estimate of drug-likeness (QED) is 0.547. The highest BCUT2D eigenvalue weighted by Crippen LogP contribution is 2.31. The molecular weight excluding hydrogens is 483 g/mol. The first-order chi connectivity index (χ1) is 17.3. The largest absolute Gasteiger partial charge is 0.374 e. The number of amides is 1. The molecule has 36 heavy (non-hydrogen) atoms. The maximum absolute atomic E-state index is 14.8. The van der Waals surface area contributed by atoms with Gasteiger partial charge in [-0.15, -0.1) is 0 Å². The Hall–Kier alpha value is -3.01. The van der Waals surface area contributed by atoms with Gasteiger partial charge in [0.25, 0.3) is 5.56 Å². The fourth-order valence-corrected chi connectivity index (χ4v) is 5.24. The van der Waals surface area contributed by atoms with Crippen LogP contribution in [0.4, 0.5) is 10.1 Å². The molecule has 0 unspecified atom stereocenters. The Morgan fingerprint density at radius 2 is 1.97 bits per heavy atom. The topological polar surface area (TPSA) is 84.6 Å². The summed E-state index contributed by atoms with van der Waals surface area (Å²) in [5, 5.41) is 3.80. The predicted molar refractivity (Wildman–Crippen MR) is 139 cm³/mol. The number of hydrogen-bond acceptors (Lipinski definition) is 6. The van der Waals surface area contributed by atoms with E-state index in [-0.39, 0.29) is 35.1 Å². The number of H-pyrrole nitrogens is 1. The number of hydrogen-bond donors (Lipinski definition) is 2. The Kier molecular flexibility index (Phi) is 6.96. The van der Waals surface area contributed by atoms with Crippen LogP contribution in [0.5, 0.6) is 0 Å². The molecule has 1 saturated heterocycles. The van der Waals surface area contributed by atoms with Gasteiger partial charge in [-0.25, -0.2) is 9.37 Å². The predicted octanol–water partition coefficient (Wildman–Crippen LogP) is 3.02. The minimum atomic E-state index is -0.596. The number of halogens is 2. The monoisotopic (exact) mass is 512 g/mol. The van der Waals surface area contributed by atoms with E-state index < -0.39 is 5.82 Å². The van der Waals surface area contributed by atoms with Crippen molar-refractivity contribution in [3.63, 3.8) is 0 Å². The SMILES string of the molecule is C[C@H]1c2ccc(Cl)cc2CCN1C(=O)CNc1cc2nc(CN3CCN(C)CC3)[nH]c(=O)c2cc1F. The van der Waals surface area contributed by atoms with Gasteiger partial charge in [-0.3, -0.25) is 14.5 Å². The molecule has 1 fully saturated rings. The molecule has 2 aliphatic heterocycles. The van der Waals surface area contributed by atoms with E-state index in [9.17, 15) is 14.0 Å². The number of carbonyl (C=O) groups excluding carboxylic acids is 1.